The second kappa shape index (κ2) is 10.5. The van der Waals surface area contributed by atoms with E-state index in [1.54, 1.807) is 37.3 Å². The molecule has 1 aromatic heterocycles. The van der Waals surface area contributed by atoms with Crippen LogP contribution in [0, 0.1) is 5.92 Å². The van der Waals surface area contributed by atoms with Crippen LogP contribution in [0.3, 0.4) is 0 Å². The summed E-state index contributed by atoms with van der Waals surface area (Å²) in [5.74, 6) is 0.177. The molecule has 2 aromatic carbocycles. The van der Waals surface area contributed by atoms with Gasteiger partial charge in [-0.2, -0.15) is 0 Å². The maximum atomic E-state index is 13.4. The largest absolute Gasteiger partial charge is 0.491 e. The second-order valence-electron chi connectivity index (χ2n) is 8.71. The molecule has 8 nitrogen and oxygen atoms in total. The highest BCUT2D eigenvalue weighted by Crippen LogP contribution is 2.27. The minimum absolute atomic E-state index is 0.0958. The Labute approximate surface area is 203 Å². The number of amides is 2. The molecule has 34 heavy (non-hydrogen) atoms. The average Bonchev–Trinajstić information content (AvgIpc) is 3.28. The first kappa shape index (κ1) is 24.1. The second-order valence-corrected chi connectivity index (χ2v) is 9.74. The van der Waals surface area contributed by atoms with Crippen LogP contribution in [0.5, 0.6) is 5.75 Å². The molecule has 2 N–H and O–H groups in total. The van der Waals surface area contributed by atoms with Crippen molar-refractivity contribution in [2.45, 2.75) is 26.0 Å². The number of methoxy groups -OCH3 is 1. The zero-order valence-corrected chi connectivity index (χ0v) is 20.6. The zero-order chi connectivity index (χ0) is 24.2. The van der Waals surface area contributed by atoms with Crippen molar-refractivity contribution in [1.29, 1.82) is 0 Å². The maximum Gasteiger partial charge on any atom is 0.284 e. The third-order valence-electron chi connectivity index (χ3n) is 5.97. The molecule has 4 rings (SSSR count). The van der Waals surface area contributed by atoms with Crippen molar-refractivity contribution in [3.63, 3.8) is 0 Å². The Balaban J connectivity index is 1.60. The normalized spacial score (nSPS) is 21.8. The molecule has 0 saturated heterocycles. The number of hydrogen-bond acceptors (Lipinski definition) is 7. The van der Waals surface area contributed by atoms with E-state index in [4.69, 9.17) is 9.47 Å². The lowest BCUT2D eigenvalue weighted by Crippen LogP contribution is -2.44. The van der Waals surface area contributed by atoms with Crippen LogP contribution >= 0.6 is 11.3 Å². The number of carbonyl (C=O) groups excluding carboxylic acids is 2. The van der Waals surface area contributed by atoms with Crippen LogP contribution in [0.15, 0.2) is 42.5 Å². The molecule has 1 aliphatic heterocycles. The summed E-state index contributed by atoms with van der Waals surface area (Å²) in [7, 11) is 3.42. The zero-order valence-electron chi connectivity index (χ0n) is 19.8. The van der Waals surface area contributed by atoms with Crippen molar-refractivity contribution in [2.75, 3.05) is 39.2 Å². The first-order valence-electron chi connectivity index (χ1n) is 11.3. The van der Waals surface area contributed by atoms with E-state index in [2.05, 4.69) is 22.5 Å². The van der Waals surface area contributed by atoms with Gasteiger partial charge in [0.15, 0.2) is 5.01 Å². The topological polar surface area (TPSA) is 92.8 Å². The number of thiazole rings is 1. The third-order valence-corrected chi connectivity index (χ3v) is 7.01. The molecule has 9 heteroatoms. The number of nitrogens with zero attached hydrogens (tertiary/aromatic N) is 2. The Hall–Kier alpha value is -3.01. The molecule has 180 valence electrons. The standard InChI is InChI=1S/C25H30N4O4S/c1-15-12-26-16(2)14-33-20-10-9-17(11-18(20)25(31)29(3)13-21(15)32-4)27-23(30)24-28-19-7-5-6-8-22(19)34-24/h5-11,15-16,21,26H,12-14H2,1-4H3,(H,27,30)/t15-,16+,21-/m0/s1. The summed E-state index contributed by atoms with van der Waals surface area (Å²) in [4.78, 5) is 32.3. The Bertz CT molecular complexity index is 1150. The summed E-state index contributed by atoms with van der Waals surface area (Å²) in [6, 6.07) is 12.8. The number of hydrogen-bond donors (Lipinski definition) is 2. The van der Waals surface area contributed by atoms with Crippen LogP contribution in [0.25, 0.3) is 10.2 Å². The smallest absolute Gasteiger partial charge is 0.284 e. The van der Waals surface area contributed by atoms with Gasteiger partial charge in [0.1, 0.15) is 12.4 Å². The molecule has 1 aliphatic rings. The van der Waals surface area contributed by atoms with Gasteiger partial charge in [-0.3, -0.25) is 9.59 Å². The number of likely N-dealkylation sites (N-methyl/N-ethyl adjacent to an activating group) is 1. The number of carbonyl (C=O) groups is 2. The fraction of sp³-hybridized carbons (Fsp3) is 0.400. The lowest BCUT2D eigenvalue weighted by molar-refractivity contribution is 0.0281. The van der Waals surface area contributed by atoms with E-state index in [-0.39, 0.29) is 29.9 Å². The monoisotopic (exact) mass is 482 g/mol. The molecule has 3 atom stereocenters. The van der Waals surface area contributed by atoms with Gasteiger partial charge in [-0.05, 0) is 43.2 Å². The summed E-state index contributed by atoms with van der Waals surface area (Å²) in [5, 5.41) is 6.71. The molecule has 2 amide bonds. The first-order chi connectivity index (χ1) is 16.4. The van der Waals surface area contributed by atoms with Gasteiger partial charge in [0.25, 0.3) is 11.8 Å². The van der Waals surface area contributed by atoms with Gasteiger partial charge < -0.3 is 25.0 Å². The number of para-hydroxylation sites is 1. The van der Waals surface area contributed by atoms with E-state index < -0.39 is 0 Å². The molecule has 0 saturated carbocycles. The molecular formula is C25H30N4O4S. The Morgan fingerprint density at radius 2 is 2.06 bits per heavy atom. The van der Waals surface area contributed by atoms with Crippen molar-refractivity contribution < 1.29 is 19.1 Å². The number of aromatic nitrogens is 1. The maximum absolute atomic E-state index is 13.4. The van der Waals surface area contributed by atoms with Crippen LogP contribution < -0.4 is 15.4 Å². The molecule has 0 radical (unpaired) electrons. The summed E-state index contributed by atoms with van der Waals surface area (Å²) >= 11 is 1.33. The quantitative estimate of drug-likeness (QED) is 0.592. The Morgan fingerprint density at radius 3 is 2.82 bits per heavy atom. The van der Waals surface area contributed by atoms with Gasteiger partial charge in [-0.1, -0.05) is 19.1 Å². The highest BCUT2D eigenvalue weighted by Gasteiger charge is 2.26. The molecule has 3 aromatic rings. The predicted molar refractivity (Wildman–Crippen MR) is 134 cm³/mol. The number of fused-ring (bicyclic) bond motifs is 2. The van der Waals surface area contributed by atoms with Gasteiger partial charge in [-0.25, -0.2) is 4.98 Å². The number of benzene rings is 2. The predicted octanol–water partition coefficient (Wildman–Crippen LogP) is 3.64. The highest BCUT2D eigenvalue weighted by atomic mass is 32.1. The minimum atomic E-state index is -0.317. The molecular weight excluding hydrogens is 452 g/mol. The third kappa shape index (κ3) is 5.38. The molecule has 0 unspecified atom stereocenters. The van der Waals surface area contributed by atoms with Crippen molar-refractivity contribution in [3.05, 3.63) is 53.0 Å². The summed E-state index contributed by atoms with van der Waals surface area (Å²) in [6.07, 6.45) is -0.112. The van der Waals surface area contributed by atoms with Crippen LogP contribution in [0.2, 0.25) is 0 Å². The molecule has 0 bridgehead atoms. The summed E-state index contributed by atoms with van der Waals surface area (Å²) in [5.41, 5.74) is 1.67. The van der Waals surface area contributed by atoms with E-state index in [1.807, 2.05) is 31.2 Å². The van der Waals surface area contributed by atoms with Gasteiger partial charge in [0.05, 0.1) is 21.9 Å². The van der Waals surface area contributed by atoms with E-state index >= 15 is 0 Å². The molecule has 2 heterocycles. The average molecular weight is 483 g/mol. The van der Waals surface area contributed by atoms with Gasteiger partial charge >= 0.3 is 0 Å². The number of rotatable bonds is 3. The van der Waals surface area contributed by atoms with Crippen molar-refractivity contribution in [3.8, 4) is 5.75 Å². The fourth-order valence-corrected chi connectivity index (χ4v) is 4.75. The number of ether oxygens (including phenoxy) is 2. The van der Waals surface area contributed by atoms with Crippen LogP contribution in [0.4, 0.5) is 5.69 Å². The lowest BCUT2D eigenvalue weighted by atomic mass is 10.0. The summed E-state index contributed by atoms with van der Waals surface area (Å²) < 4.78 is 12.6. The first-order valence-corrected chi connectivity index (χ1v) is 12.1. The van der Waals surface area contributed by atoms with Gasteiger partial charge in [0.2, 0.25) is 0 Å². The van der Waals surface area contributed by atoms with Gasteiger partial charge in [0, 0.05) is 39.0 Å². The number of nitrogens with one attached hydrogen (secondary N) is 2. The van der Waals surface area contributed by atoms with Crippen LogP contribution in [-0.4, -0.2) is 67.7 Å². The van der Waals surface area contributed by atoms with Crippen LogP contribution in [0.1, 0.15) is 34.0 Å². The van der Waals surface area contributed by atoms with Crippen molar-refractivity contribution >= 4 is 39.1 Å². The van der Waals surface area contributed by atoms with E-state index in [0.29, 0.717) is 35.2 Å². The van der Waals surface area contributed by atoms with Crippen molar-refractivity contribution in [2.24, 2.45) is 5.92 Å². The van der Waals surface area contributed by atoms with Gasteiger partial charge in [-0.15, -0.1) is 11.3 Å². The molecule has 0 fully saturated rings. The molecule has 0 spiro atoms. The summed E-state index contributed by atoms with van der Waals surface area (Å²) in [6.45, 7) is 5.75. The Morgan fingerprint density at radius 1 is 1.26 bits per heavy atom. The highest BCUT2D eigenvalue weighted by molar-refractivity contribution is 7.20. The van der Waals surface area contributed by atoms with E-state index in [1.165, 1.54) is 11.3 Å². The minimum Gasteiger partial charge on any atom is -0.491 e. The Kier molecular flexibility index (Phi) is 7.45. The van der Waals surface area contributed by atoms with E-state index in [9.17, 15) is 9.59 Å². The molecule has 0 aliphatic carbocycles. The fourth-order valence-electron chi connectivity index (χ4n) is 3.89. The number of anilines is 1. The van der Waals surface area contributed by atoms with Crippen LogP contribution in [-0.2, 0) is 4.74 Å². The SMILES string of the molecule is CO[C@H]1CN(C)C(=O)c2cc(NC(=O)c3nc4ccccc4s3)ccc2OC[C@@H](C)NC[C@@H]1C. The van der Waals surface area contributed by atoms with E-state index in [0.717, 1.165) is 16.8 Å². The van der Waals surface area contributed by atoms with Crippen molar-refractivity contribution in [1.82, 2.24) is 15.2 Å². The lowest BCUT2D eigenvalue weighted by Gasteiger charge is -2.30.